The third-order valence-electron chi connectivity index (χ3n) is 2.94. The van der Waals surface area contributed by atoms with Gasteiger partial charge in [-0.05, 0) is 19.3 Å². The fourth-order valence-electron chi connectivity index (χ4n) is 2.03. The average molecular weight is 212 g/mol. The summed E-state index contributed by atoms with van der Waals surface area (Å²) < 4.78 is 0. The Hall–Kier alpha value is -1.10. The predicted octanol–water partition coefficient (Wildman–Crippen LogP) is 0.255. The Morgan fingerprint density at radius 1 is 1.33 bits per heavy atom. The van der Waals surface area contributed by atoms with Crippen LogP contribution in [-0.2, 0) is 14.4 Å². The van der Waals surface area contributed by atoms with Crippen molar-refractivity contribution in [3.8, 4) is 0 Å². The minimum Gasteiger partial charge on any atom is -0.344 e. The van der Waals surface area contributed by atoms with Gasteiger partial charge in [-0.15, -0.1) is 0 Å². The van der Waals surface area contributed by atoms with Gasteiger partial charge in [0.25, 0.3) is 5.91 Å². The first-order chi connectivity index (χ1) is 7.25. The summed E-state index contributed by atoms with van der Waals surface area (Å²) >= 11 is 0. The molecule has 15 heavy (non-hydrogen) atoms. The number of carbonyl (C=O) groups excluding carboxylic acids is 2. The molecule has 0 aromatic carbocycles. The van der Waals surface area contributed by atoms with E-state index in [0.717, 1.165) is 12.8 Å². The second-order valence-electron chi connectivity index (χ2n) is 4.15. The van der Waals surface area contributed by atoms with E-state index in [9.17, 15) is 9.59 Å². The number of carbonyl (C=O) groups is 2. The Labute approximate surface area is 88.5 Å². The van der Waals surface area contributed by atoms with Crippen LogP contribution in [-0.4, -0.2) is 24.0 Å². The van der Waals surface area contributed by atoms with Crippen molar-refractivity contribution >= 4 is 11.8 Å². The third-order valence-corrected chi connectivity index (χ3v) is 2.94. The average Bonchev–Trinajstić information content (AvgIpc) is 2.84. The predicted molar refractivity (Wildman–Crippen MR) is 52.6 cm³/mol. The van der Waals surface area contributed by atoms with Crippen molar-refractivity contribution in [1.29, 1.82) is 0 Å². The van der Waals surface area contributed by atoms with Gasteiger partial charge < -0.3 is 5.32 Å². The molecular weight excluding hydrogens is 196 g/mol. The quantitative estimate of drug-likeness (QED) is 0.659. The third kappa shape index (κ3) is 2.68. The van der Waals surface area contributed by atoms with Crippen molar-refractivity contribution in [2.24, 2.45) is 0 Å². The number of amides is 2. The Kier molecular flexibility index (Phi) is 3.20. The highest BCUT2D eigenvalue weighted by molar-refractivity contribution is 5.90. The second-order valence-corrected chi connectivity index (χ2v) is 4.15. The highest BCUT2D eigenvalue weighted by Crippen LogP contribution is 2.20. The number of rotatable bonds is 3. The number of hydroxylamine groups is 1. The smallest absolute Gasteiger partial charge is 0.266 e. The molecule has 1 saturated carbocycles. The van der Waals surface area contributed by atoms with Crippen molar-refractivity contribution in [3.05, 3.63) is 0 Å². The van der Waals surface area contributed by atoms with E-state index in [1.54, 1.807) is 0 Å². The van der Waals surface area contributed by atoms with Gasteiger partial charge in [-0.1, -0.05) is 12.8 Å². The number of hydrogen-bond donors (Lipinski definition) is 2. The van der Waals surface area contributed by atoms with Crippen LogP contribution >= 0.6 is 0 Å². The van der Waals surface area contributed by atoms with E-state index in [4.69, 9.17) is 4.84 Å². The highest BCUT2D eigenvalue weighted by atomic mass is 16.7. The molecule has 0 aromatic heterocycles. The van der Waals surface area contributed by atoms with E-state index in [1.165, 1.54) is 12.8 Å². The van der Waals surface area contributed by atoms with Crippen LogP contribution < -0.4 is 10.8 Å². The van der Waals surface area contributed by atoms with Crippen LogP contribution in [0.2, 0.25) is 0 Å². The summed E-state index contributed by atoms with van der Waals surface area (Å²) in [5.41, 5.74) is 2.43. The molecule has 2 aliphatic rings. The summed E-state index contributed by atoms with van der Waals surface area (Å²) in [6.07, 6.45) is 5.52. The van der Waals surface area contributed by atoms with Crippen LogP contribution in [0, 0.1) is 0 Å². The molecule has 0 unspecified atom stereocenters. The lowest BCUT2D eigenvalue weighted by molar-refractivity contribution is -0.140. The van der Waals surface area contributed by atoms with E-state index in [2.05, 4.69) is 10.8 Å². The Morgan fingerprint density at radius 2 is 2.07 bits per heavy atom. The summed E-state index contributed by atoms with van der Waals surface area (Å²) in [5.74, 6) is -0.288. The van der Waals surface area contributed by atoms with Crippen LogP contribution in [0.3, 0.4) is 0 Å². The minimum atomic E-state index is -0.404. The van der Waals surface area contributed by atoms with Crippen molar-refractivity contribution in [1.82, 2.24) is 10.8 Å². The first-order valence-electron chi connectivity index (χ1n) is 5.50. The maximum atomic E-state index is 11.5. The van der Waals surface area contributed by atoms with Crippen molar-refractivity contribution < 1.29 is 14.4 Å². The molecule has 0 bridgehead atoms. The largest absolute Gasteiger partial charge is 0.344 e. The van der Waals surface area contributed by atoms with Crippen molar-refractivity contribution in [2.75, 3.05) is 0 Å². The van der Waals surface area contributed by atoms with Crippen molar-refractivity contribution in [2.45, 2.75) is 50.7 Å². The molecule has 5 nitrogen and oxygen atoms in total. The van der Waals surface area contributed by atoms with Crippen LogP contribution in [0.5, 0.6) is 0 Å². The van der Waals surface area contributed by atoms with Gasteiger partial charge in [-0.3, -0.25) is 14.4 Å². The maximum Gasteiger partial charge on any atom is 0.266 e. The molecule has 2 fully saturated rings. The van der Waals surface area contributed by atoms with E-state index in [-0.39, 0.29) is 17.9 Å². The summed E-state index contributed by atoms with van der Waals surface area (Å²) in [6, 6.07) is -0.404. The van der Waals surface area contributed by atoms with Gasteiger partial charge in [0.05, 0.1) is 6.10 Å². The lowest BCUT2D eigenvalue weighted by Crippen LogP contribution is -2.42. The summed E-state index contributed by atoms with van der Waals surface area (Å²) in [7, 11) is 0. The summed E-state index contributed by atoms with van der Waals surface area (Å²) in [4.78, 5) is 27.6. The van der Waals surface area contributed by atoms with Gasteiger partial charge in [0, 0.05) is 6.42 Å². The Balaban J connectivity index is 1.70. The molecule has 1 atom stereocenters. The summed E-state index contributed by atoms with van der Waals surface area (Å²) in [5, 5.41) is 2.60. The SMILES string of the molecule is O=C1CC[C@H](C(=O)NOC2CCCC2)N1. The van der Waals surface area contributed by atoms with E-state index in [0.29, 0.717) is 12.8 Å². The molecular formula is C10H16N2O3. The van der Waals surface area contributed by atoms with Crippen LogP contribution in [0.4, 0.5) is 0 Å². The summed E-state index contributed by atoms with van der Waals surface area (Å²) in [6.45, 7) is 0. The molecule has 2 amide bonds. The zero-order chi connectivity index (χ0) is 10.7. The normalized spacial score (nSPS) is 26.7. The van der Waals surface area contributed by atoms with Crippen LogP contribution in [0.25, 0.3) is 0 Å². The molecule has 2 rings (SSSR count). The molecule has 0 aromatic rings. The molecule has 1 heterocycles. The van der Waals surface area contributed by atoms with Crippen molar-refractivity contribution in [3.63, 3.8) is 0 Å². The second kappa shape index (κ2) is 4.61. The molecule has 1 saturated heterocycles. The molecule has 0 spiro atoms. The standard InChI is InChI=1S/C10H16N2O3/c13-9-6-5-8(11-9)10(14)12-15-7-3-1-2-4-7/h7-8H,1-6H2,(H,11,13)(H,12,14)/t8-/m1/s1. The van der Waals surface area contributed by atoms with Gasteiger partial charge in [0.15, 0.2) is 0 Å². The lowest BCUT2D eigenvalue weighted by atomic mass is 10.2. The fourth-order valence-corrected chi connectivity index (χ4v) is 2.03. The maximum absolute atomic E-state index is 11.5. The van der Waals surface area contributed by atoms with Gasteiger partial charge in [-0.2, -0.15) is 0 Å². The highest BCUT2D eigenvalue weighted by Gasteiger charge is 2.28. The molecule has 84 valence electrons. The molecule has 0 radical (unpaired) electrons. The van der Waals surface area contributed by atoms with Gasteiger partial charge >= 0.3 is 0 Å². The van der Waals surface area contributed by atoms with E-state index >= 15 is 0 Å². The molecule has 2 N–H and O–H groups in total. The first kappa shape index (κ1) is 10.4. The zero-order valence-electron chi connectivity index (χ0n) is 8.62. The van der Waals surface area contributed by atoms with Gasteiger partial charge in [-0.25, -0.2) is 5.48 Å². The lowest BCUT2D eigenvalue weighted by Gasteiger charge is -2.14. The zero-order valence-corrected chi connectivity index (χ0v) is 8.62. The fraction of sp³-hybridized carbons (Fsp3) is 0.800. The molecule has 5 heteroatoms. The van der Waals surface area contributed by atoms with Crippen LogP contribution in [0.15, 0.2) is 0 Å². The Morgan fingerprint density at radius 3 is 2.67 bits per heavy atom. The van der Waals surface area contributed by atoms with Gasteiger partial charge in [0.1, 0.15) is 6.04 Å². The van der Waals surface area contributed by atoms with Crippen LogP contribution in [0.1, 0.15) is 38.5 Å². The minimum absolute atomic E-state index is 0.0592. The Bertz CT molecular complexity index is 261. The number of hydrogen-bond acceptors (Lipinski definition) is 3. The first-order valence-corrected chi connectivity index (χ1v) is 5.50. The number of nitrogens with one attached hydrogen (secondary N) is 2. The van der Waals surface area contributed by atoms with Gasteiger partial charge in [0.2, 0.25) is 5.91 Å². The van der Waals surface area contributed by atoms with E-state index in [1.807, 2.05) is 0 Å². The molecule has 1 aliphatic heterocycles. The molecule has 1 aliphatic carbocycles. The monoisotopic (exact) mass is 212 g/mol. The van der Waals surface area contributed by atoms with E-state index < -0.39 is 6.04 Å². The topological polar surface area (TPSA) is 67.4 Å².